The number of hydrogen-bond acceptors (Lipinski definition) is 5. The molecule has 0 aliphatic rings. The summed E-state index contributed by atoms with van der Waals surface area (Å²) in [5, 5.41) is 0. The van der Waals surface area contributed by atoms with Gasteiger partial charge in [0.25, 0.3) is 0 Å². The Bertz CT molecular complexity index is 159. The van der Waals surface area contributed by atoms with Gasteiger partial charge in [0.15, 0.2) is 0 Å². The highest BCUT2D eigenvalue weighted by Crippen LogP contribution is 2.06. The van der Waals surface area contributed by atoms with Gasteiger partial charge < -0.3 is 4.74 Å². The van der Waals surface area contributed by atoms with Gasteiger partial charge in [0.1, 0.15) is 5.60 Å². The molecule has 0 rings (SSSR count). The molecule has 0 spiro atoms. The van der Waals surface area contributed by atoms with E-state index in [0.717, 1.165) is 24.4 Å². The Labute approximate surface area is 88.9 Å². The van der Waals surface area contributed by atoms with Crippen molar-refractivity contribution in [1.82, 2.24) is 9.44 Å². The Hall–Kier alpha value is -0.0700. The van der Waals surface area contributed by atoms with E-state index in [1.54, 1.807) is 0 Å². The molecule has 2 N–H and O–H groups in total. The monoisotopic (exact) mass is 224 g/mol. The summed E-state index contributed by atoms with van der Waals surface area (Å²) in [6, 6.07) is 0. The van der Waals surface area contributed by atoms with Crippen LogP contribution in [-0.4, -0.2) is 24.0 Å². The highest BCUT2D eigenvalue weighted by atomic mass is 32.2. The first-order chi connectivity index (χ1) is 5.95. The molecule has 0 aromatic rings. The molecular formula is C7H16N2O2S2. The van der Waals surface area contributed by atoms with Crippen molar-refractivity contribution in [3.8, 4) is 0 Å². The molecule has 0 fully saturated rings. The van der Waals surface area contributed by atoms with E-state index in [4.69, 9.17) is 4.74 Å². The molecule has 0 aliphatic heterocycles. The highest BCUT2D eigenvalue weighted by molar-refractivity contribution is 7.96. The van der Waals surface area contributed by atoms with Crippen molar-refractivity contribution >= 4 is 30.9 Å². The third-order valence-corrected chi connectivity index (χ3v) is 1.66. The first kappa shape index (κ1) is 12.9. The van der Waals surface area contributed by atoms with Crippen molar-refractivity contribution in [3.05, 3.63) is 0 Å². The van der Waals surface area contributed by atoms with Gasteiger partial charge in [-0.25, -0.2) is 9.52 Å². The normalized spacial score (nSPS) is 11.1. The molecule has 0 unspecified atom stereocenters. The molecule has 6 heteroatoms. The first-order valence-electron chi connectivity index (χ1n) is 3.94. The van der Waals surface area contributed by atoms with Crippen LogP contribution in [0.3, 0.4) is 0 Å². The average molecular weight is 224 g/mol. The molecule has 0 saturated heterocycles. The maximum atomic E-state index is 11.0. The van der Waals surface area contributed by atoms with E-state index in [1.807, 2.05) is 20.8 Å². The molecule has 1 amide bonds. The molecule has 0 aromatic carbocycles. The summed E-state index contributed by atoms with van der Waals surface area (Å²) >= 11 is 5.10. The second-order valence-corrected chi connectivity index (χ2v) is 4.47. The van der Waals surface area contributed by atoms with E-state index in [2.05, 4.69) is 22.1 Å². The fourth-order valence-electron chi connectivity index (χ4n) is 0.473. The Morgan fingerprint density at radius 2 is 2.15 bits per heavy atom. The van der Waals surface area contributed by atoms with Crippen molar-refractivity contribution in [2.24, 2.45) is 0 Å². The number of thiol groups is 1. The van der Waals surface area contributed by atoms with Gasteiger partial charge in [-0.2, -0.15) is 12.6 Å². The zero-order valence-corrected chi connectivity index (χ0v) is 9.80. The van der Waals surface area contributed by atoms with Crippen LogP contribution in [0.4, 0.5) is 4.79 Å². The number of rotatable bonds is 4. The molecule has 0 bridgehead atoms. The molecular weight excluding hydrogens is 208 g/mol. The van der Waals surface area contributed by atoms with Gasteiger partial charge in [-0.05, 0) is 20.8 Å². The van der Waals surface area contributed by atoms with Gasteiger partial charge in [-0.3, -0.25) is 4.72 Å². The van der Waals surface area contributed by atoms with Crippen molar-refractivity contribution in [2.75, 3.05) is 12.3 Å². The van der Waals surface area contributed by atoms with E-state index < -0.39 is 11.7 Å². The summed E-state index contributed by atoms with van der Waals surface area (Å²) in [6.45, 7) is 6.18. The van der Waals surface area contributed by atoms with Crippen molar-refractivity contribution in [3.63, 3.8) is 0 Å². The maximum absolute atomic E-state index is 11.0. The smallest absolute Gasteiger partial charge is 0.418 e. The molecule has 0 aromatic heterocycles. The van der Waals surface area contributed by atoms with E-state index in [1.165, 1.54) is 0 Å². The van der Waals surface area contributed by atoms with Crippen LogP contribution in [0.2, 0.25) is 0 Å². The predicted molar refractivity (Wildman–Crippen MR) is 58.8 cm³/mol. The molecule has 4 nitrogen and oxygen atoms in total. The van der Waals surface area contributed by atoms with Gasteiger partial charge in [-0.15, -0.1) is 0 Å². The third-order valence-electron chi connectivity index (χ3n) is 0.819. The van der Waals surface area contributed by atoms with Gasteiger partial charge in [0.05, 0.1) is 0 Å². The highest BCUT2D eigenvalue weighted by Gasteiger charge is 2.15. The number of amides is 1. The van der Waals surface area contributed by atoms with E-state index in [9.17, 15) is 4.79 Å². The Balaban J connectivity index is 3.41. The van der Waals surface area contributed by atoms with Crippen LogP contribution in [0.1, 0.15) is 20.8 Å². The Morgan fingerprint density at radius 1 is 1.54 bits per heavy atom. The second-order valence-electron chi connectivity index (χ2n) is 3.32. The lowest BCUT2D eigenvalue weighted by Gasteiger charge is -2.19. The van der Waals surface area contributed by atoms with Crippen LogP contribution in [0, 0.1) is 0 Å². The third kappa shape index (κ3) is 9.85. The summed E-state index contributed by atoms with van der Waals surface area (Å²) in [5.41, 5.74) is -0.450. The maximum Gasteiger partial charge on any atom is 0.418 e. The molecule has 13 heavy (non-hydrogen) atoms. The average Bonchev–Trinajstić information content (AvgIpc) is 1.94. The van der Waals surface area contributed by atoms with Crippen molar-refractivity contribution in [1.29, 1.82) is 0 Å². The Morgan fingerprint density at radius 3 is 2.62 bits per heavy atom. The number of hydrogen-bond donors (Lipinski definition) is 3. The summed E-state index contributed by atoms with van der Waals surface area (Å²) in [7, 11) is 0. The first-order valence-corrected chi connectivity index (χ1v) is 5.39. The lowest BCUT2D eigenvalue weighted by atomic mass is 10.2. The van der Waals surface area contributed by atoms with Crippen LogP contribution in [0.15, 0.2) is 0 Å². The fourth-order valence-corrected chi connectivity index (χ4v) is 1.14. The minimum absolute atomic E-state index is 0.441. The van der Waals surface area contributed by atoms with Crippen molar-refractivity contribution in [2.45, 2.75) is 26.4 Å². The number of ether oxygens (including phenoxy) is 1. The largest absolute Gasteiger partial charge is 0.443 e. The summed E-state index contributed by atoms with van der Waals surface area (Å²) in [4.78, 5) is 11.0. The topological polar surface area (TPSA) is 50.4 Å². The molecule has 0 saturated carbocycles. The summed E-state index contributed by atoms with van der Waals surface area (Å²) < 4.78 is 10.4. The van der Waals surface area contributed by atoms with Crippen LogP contribution in [-0.2, 0) is 4.74 Å². The van der Waals surface area contributed by atoms with E-state index in [0.29, 0.717) is 0 Å². The molecule has 0 radical (unpaired) electrons. The number of carbonyl (C=O) groups is 1. The number of carbonyl (C=O) groups excluding carboxylic acids is 1. The van der Waals surface area contributed by atoms with Crippen LogP contribution in [0.25, 0.3) is 0 Å². The molecule has 78 valence electrons. The van der Waals surface area contributed by atoms with Gasteiger partial charge in [-0.1, -0.05) is 0 Å². The lowest BCUT2D eigenvalue weighted by molar-refractivity contribution is 0.0574. The Kier molecular flexibility index (Phi) is 6.36. The standard InChI is InChI=1S/C7H16N2O2S2/c1-7(2,3)11-6(10)9-13-8-4-5-12/h8,12H,4-5H2,1-3H3,(H,9,10). The lowest BCUT2D eigenvalue weighted by Crippen LogP contribution is -2.30. The summed E-state index contributed by atoms with van der Waals surface area (Å²) in [5.74, 6) is 0.725. The van der Waals surface area contributed by atoms with Crippen molar-refractivity contribution < 1.29 is 9.53 Å². The van der Waals surface area contributed by atoms with E-state index >= 15 is 0 Å². The quantitative estimate of drug-likeness (QED) is 0.386. The zero-order valence-electron chi connectivity index (χ0n) is 8.09. The van der Waals surface area contributed by atoms with E-state index in [-0.39, 0.29) is 0 Å². The zero-order chi connectivity index (χ0) is 10.3. The summed E-state index contributed by atoms with van der Waals surface area (Å²) in [6.07, 6.45) is -0.441. The van der Waals surface area contributed by atoms with Gasteiger partial charge in [0.2, 0.25) is 0 Å². The van der Waals surface area contributed by atoms with Crippen LogP contribution >= 0.6 is 24.8 Å². The molecule has 0 heterocycles. The SMILES string of the molecule is CC(C)(C)OC(=O)NSNCCS. The van der Waals surface area contributed by atoms with Crippen LogP contribution < -0.4 is 9.44 Å². The molecule has 0 atom stereocenters. The predicted octanol–water partition coefficient (Wildman–Crippen LogP) is 1.59. The van der Waals surface area contributed by atoms with Crippen LogP contribution in [0.5, 0.6) is 0 Å². The number of nitrogens with one attached hydrogen (secondary N) is 2. The minimum atomic E-state index is -0.450. The fraction of sp³-hybridized carbons (Fsp3) is 0.857. The van der Waals surface area contributed by atoms with Gasteiger partial charge >= 0.3 is 6.09 Å². The second kappa shape index (κ2) is 6.39. The minimum Gasteiger partial charge on any atom is -0.443 e. The molecule has 0 aliphatic carbocycles. The van der Waals surface area contributed by atoms with Gasteiger partial charge in [0, 0.05) is 24.4 Å².